The molecule has 134 valence electrons. The van der Waals surface area contributed by atoms with Gasteiger partial charge in [0.25, 0.3) is 0 Å². The van der Waals surface area contributed by atoms with Gasteiger partial charge in [0.1, 0.15) is 11.6 Å². The van der Waals surface area contributed by atoms with Crippen LogP contribution in [-0.4, -0.2) is 13.1 Å². The van der Waals surface area contributed by atoms with Crippen LogP contribution in [-0.2, 0) is 6.54 Å². The molecule has 0 aliphatic heterocycles. The number of carbonyl (C=O) groups is 1. The van der Waals surface area contributed by atoms with Gasteiger partial charge in [0.15, 0.2) is 0 Å². The molecule has 0 saturated heterocycles. The van der Waals surface area contributed by atoms with Crippen LogP contribution in [0.15, 0.2) is 66.0 Å². The second-order valence-electron chi connectivity index (χ2n) is 5.64. The Balaban J connectivity index is 1.70. The Hall–Kier alpha value is -2.86. The molecule has 2 aromatic carbocycles. The van der Waals surface area contributed by atoms with E-state index in [1.54, 1.807) is 19.2 Å². The molecule has 2 amide bonds. The van der Waals surface area contributed by atoms with Gasteiger partial charge in [-0.1, -0.05) is 36.4 Å². The molecule has 6 heteroatoms. The van der Waals surface area contributed by atoms with Crippen molar-refractivity contribution in [3.8, 4) is 5.75 Å². The van der Waals surface area contributed by atoms with Crippen LogP contribution in [0.25, 0.3) is 0 Å². The Morgan fingerprint density at radius 3 is 2.58 bits per heavy atom. The topological polar surface area (TPSA) is 50.4 Å². The lowest BCUT2D eigenvalue weighted by Gasteiger charge is -2.19. The van der Waals surface area contributed by atoms with E-state index in [1.165, 1.54) is 23.5 Å². The van der Waals surface area contributed by atoms with E-state index >= 15 is 0 Å². The van der Waals surface area contributed by atoms with Crippen LogP contribution >= 0.6 is 11.3 Å². The maximum atomic E-state index is 13.2. The summed E-state index contributed by atoms with van der Waals surface area (Å²) >= 11 is 1.54. The third-order valence-corrected chi connectivity index (χ3v) is 4.88. The van der Waals surface area contributed by atoms with E-state index in [9.17, 15) is 9.18 Å². The summed E-state index contributed by atoms with van der Waals surface area (Å²) in [5.41, 5.74) is 1.71. The minimum atomic E-state index is -0.340. The first-order valence-electron chi connectivity index (χ1n) is 8.12. The fourth-order valence-electron chi connectivity index (χ4n) is 2.64. The molecule has 0 fully saturated rings. The van der Waals surface area contributed by atoms with Gasteiger partial charge in [-0.25, -0.2) is 9.18 Å². The van der Waals surface area contributed by atoms with E-state index in [2.05, 4.69) is 10.6 Å². The smallest absolute Gasteiger partial charge is 0.315 e. The summed E-state index contributed by atoms with van der Waals surface area (Å²) in [6, 6.07) is 16.9. The number of nitrogens with one attached hydrogen (secondary N) is 2. The van der Waals surface area contributed by atoms with Crippen molar-refractivity contribution in [1.29, 1.82) is 0 Å². The molecule has 4 nitrogen and oxygen atoms in total. The first kappa shape index (κ1) is 17.9. The fourth-order valence-corrected chi connectivity index (χ4v) is 3.44. The number of carbonyl (C=O) groups excluding carboxylic acids is 1. The van der Waals surface area contributed by atoms with Gasteiger partial charge in [0.05, 0.1) is 13.2 Å². The Labute approximate surface area is 155 Å². The molecule has 1 aromatic heterocycles. The number of methoxy groups -OCH3 is 1. The number of rotatable bonds is 6. The lowest BCUT2D eigenvalue weighted by molar-refractivity contribution is 0.238. The number of para-hydroxylation sites is 1. The highest BCUT2D eigenvalue weighted by Gasteiger charge is 2.18. The van der Waals surface area contributed by atoms with Gasteiger partial charge in [-0.15, -0.1) is 11.3 Å². The molecule has 3 aromatic rings. The predicted molar refractivity (Wildman–Crippen MR) is 101 cm³/mol. The van der Waals surface area contributed by atoms with E-state index in [0.29, 0.717) is 6.54 Å². The zero-order chi connectivity index (χ0) is 18.4. The molecule has 1 atom stereocenters. The van der Waals surface area contributed by atoms with Crippen molar-refractivity contribution >= 4 is 17.4 Å². The van der Waals surface area contributed by atoms with Crippen LogP contribution < -0.4 is 15.4 Å². The van der Waals surface area contributed by atoms with Crippen LogP contribution in [0.5, 0.6) is 5.75 Å². The van der Waals surface area contributed by atoms with Crippen LogP contribution in [0, 0.1) is 5.82 Å². The Kier molecular flexibility index (Phi) is 5.86. The molecule has 2 N–H and O–H groups in total. The van der Waals surface area contributed by atoms with Crippen molar-refractivity contribution < 1.29 is 13.9 Å². The summed E-state index contributed by atoms with van der Waals surface area (Å²) in [6.07, 6.45) is 0. The number of amides is 2. The van der Waals surface area contributed by atoms with E-state index in [1.807, 2.05) is 41.8 Å². The summed E-state index contributed by atoms with van der Waals surface area (Å²) in [4.78, 5) is 13.4. The number of benzene rings is 2. The third kappa shape index (κ3) is 4.40. The minimum Gasteiger partial charge on any atom is -0.496 e. The molecule has 0 unspecified atom stereocenters. The van der Waals surface area contributed by atoms with Crippen molar-refractivity contribution in [3.05, 3.63) is 87.9 Å². The molecule has 0 bridgehead atoms. The standard InChI is InChI=1S/C20H19FN2O2S/c1-25-17-6-3-2-5-15(17)13-22-20(24)23-19(18-7-4-12-26-18)14-8-10-16(21)11-9-14/h2-12,19H,13H2,1H3,(H2,22,23,24)/t19-/m0/s1. The Morgan fingerprint density at radius 1 is 1.12 bits per heavy atom. The SMILES string of the molecule is COc1ccccc1CNC(=O)N[C@@H](c1ccc(F)cc1)c1cccs1. The molecular formula is C20H19FN2O2S. The first-order chi connectivity index (χ1) is 12.7. The number of thiophene rings is 1. The van der Waals surface area contributed by atoms with E-state index in [-0.39, 0.29) is 17.9 Å². The minimum absolute atomic E-state index is 0.306. The predicted octanol–water partition coefficient (Wildman–Crippen LogP) is 4.48. The largest absolute Gasteiger partial charge is 0.496 e. The van der Waals surface area contributed by atoms with Gasteiger partial charge in [0, 0.05) is 17.0 Å². The second-order valence-corrected chi connectivity index (χ2v) is 6.62. The highest BCUT2D eigenvalue weighted by atomic mass is 32.1. The fraction of sp³-hybridized carbons (Fsp3) is 0.150. The van der Waals surface area contributed by atoms with Crippen molar-refractivity contribution in [2.24, 2.45) is 0 Å². The lowest BCUT2D eigenvalue weighted by Crippen LogP contribution is -2.37. The van der Waals surface area contributed by atoms with Crippen molar-refractivity contribution in [3.63, 3.8) is 0 Å². The van der Waals surface area contributed by atoms with Crippen LogP contribution in [0.4, 0.5) is 9.18 Å². The van der Waals surface area contributed by atoms with Gasteiger partial charge in [-0.3, -0.25) is 0 Å². The zero-order valence-electron chi connectivity index (χ0n) is 14.2. The first-order valence-corrected chi connectivity index (χ1v) is 9.00. The maximum Gasteiger partial charge on any atom is 0.315 e. The zero-order valence-corrected chi connectivity index (χ0v) is 15.1. The third-order valence-electron chi connectivity index (χ3n) is 3.94. The molecule has 0 radical (unpaired) electrons. The second kappa shape index (κ2) is 8.49. The average Bonchev–Trinajstić information content (AvgIpc) is 3.20. The highest BCUT2D eigenvalue weighted by molar-refractivity contribution is 7.10. The van der Waals surface area contributed by atoms with Crippen LogP contribution in [0.3, 0.4) is 0 Å². The molecular weight excluding hydrogens is 351 g/mol. The summed E-state index contributed by atoms with van der Waals surface area (Å²) < 4.78 is 18.5. The average molecular weight is 370 g/mol. The lowest BCUT2D eigenvalue weighted by atomic mass is 10.1. The van der Waals surface area contributed by atoms with E-state index < -0.39 is 0 Å². The number of ether oxygens (including phenoxy) is 1. The molecule has 26 heavy (non-hydrogen) atoms. The van der Waals surface area contributed by atoms with Gasteiger partial charge in [0.2, 0.25) is 0 Å². The Bertz CT molecular complexity index is 851. The van der Waals surface area contributed by atoms with Crippen LogP contribution in [0.2, 0.25) is 0 Å². The number of hydrogen-bond donors (Lipinski definition) is 2. The van der Waals surface area contributed by atoms with Crippen LogP contribution in [0.1, 0.15) is 22.0 Å². The van der Waals surface area contributed by atoms with Gasteiger partial charge >= 0.3 is 6.03 Å². The maximum absolute atomic E-state index is 13.2. The normalized spacial score (nSPS) is 11.6. The van der Waals surface area contributed by atoms with E-state index in [0.717, 1.165) is 21.8 Å². The highest BCUT2D eigenvalue weighted by Crippen LogP contribution is 2.26. The molecule has 0 aliphatic carbocycles. The summed E-state index contributed by atoms with van der Waals surface area (Å²) in [5, 5.41) is 7.75. The molecule has 1 heterocycles. The quantitative estimate of drug-likeness (QED) is 0.672. The summed E-state index contributed by atoms with van der Waals surface area (Å²) in [7, 11) is 1.60. The van der Waals surface area contributed by atoms with Crippen molar-refractivity contribution in [1.82, 2.24) is 10.6 Å². The summed E-state index contributed by atoms with van der Waals surface area (Å²) in [5.74, 6) is 0.417. The van der Waals surface area contributed by atoms with Gasteiger partial charge < -0.3 is 15.4 Å². The molecule has 0 saturated carbocycles. The number of hydrogen-bond acceptors (Lipinski definition) is 3. The van der Waals surface area contributed by atoms with E-state index in [4.69, 9.17) is 4.74 Å². The molecule has 0 spiro atoms. The molecule has 3 rings (SSSR count). The number of urea groups is 1. The summed E-state index contributed by atoms with van der Waals surface area (Å²) in [6.45, 7) is 0.344. The van der Waals surface area contributed by atoms with Crippen molar-refractivity contribution in [2.45, 2.75) is 12.6 Å². The number of halogens is 1. The van der Waals surface area contributed by atoms with Gasteiger partial charge in [-0.05, 0) is 35.2 Å². The monoisotopic (exact) mass is 370 g/mol. The Morgan fingerprint density at radius 2 is 1.88 bits per heavy atom. The van der Waals surface area contributed by atoms with Crippen molar-refractivity contribution in [2.75, 3.05) is 7.11 Å². The molecule has 0 aliphatic rings. The van der Waals surface area contributed by atoms with Gasteiger partial charge in [-0.2, -0.15) is 0 Å².